The molecule has 0 atom stereocenters. The van der Waals surface area contributed by atoms with Crippen molar-refractivity contribution < 1.29 is 0 Å². The Kier molecular flexibility index (Phi) is 4.63. The van der Waals surface area contributed by atoms with E-state index in [1.165, 1.54) is 5.56 Å². The van der Waals surface area contributed by atoms with Gasteiger partial charge in [0.1, 0.15) is 0 Å². The first-order valence-corrected chi connectivity index (χ1v) is 6.70. The van der Waals surface area contributed by atoms with Crippen LogP contribution in [-0.2, 0) is 13.0 Å². The Morgan fingerprint density at radius 1 is 1.37 bits per heavy atom. The fourth-order valence-corrected chi connectivity index (χ4v) is 2.06. The minimum atomic E-state index is 0.768. The van der Waals surface area contributed by atoms with E-state index in [-0.39, 0.29) is 0 Å². The lowest BCUT2D eigenvalue weighted by Gasteiger charge is -2.08. The molecule has 19 heavy (non-hydrogen) atoms. The summed E-state index contributed by atoms with van der Waals surface area (Å²) in [4.78, 5) is 4.46. The number of rotatable bonds is 6. The third-order valence-corrected chi connectivity index (χ3v) is 3.08. The van der Waals surface area contributed by atoms with Crippen molar-refractivity contribution in [2.75, 3.05) is 11.9 Å². The molecule has 0 saturated heterocycles. The summed E-state index contributed by atoms with van der Waals surface area (Å²) >= 11 is 5.86. The van der Waals surface area contributed by atoms with Crippen LogP contribution in [-0.4, -0.2) is 16.1 Å². The van der Waals surface area contributed by atoms with Gasteiger partial charge in [-0.25, -0.2) is 4.98 Å². The van der Waals surface area contributed by atoms with Gasteiger partial charge in [0, 0.05) is 24.3 Å². The first-order chi connectivity index (χ1) is 9.19. The number of aromatic nitrogens is 2. The van der Waals surface area contributed by atoms with Gasteiger partial charge in [0.05, 0.1) is 5.69 Å². The van der Waals surface area contributed by atoms with Crippen molar-refractivity contribution in [1.29, 1.82) is 0 Å². The summed E-state index contributed by atoms with van der Waals surface area (Å²) in [5, 5.41) is 4.13. The van der Waals surface area contributed by atoms with Crippen molar-refractivity contribution in [3.8, 4) is 0 Å². The fourth-order valence-electron chi connectivity index (χ4n) is 1.94. The van der Waals surface area contributed by atoms with Crippen LogP contribution in [0.1, 0.15) is 11.3 Å². The average molecular weight is 276 g/mol. The van der Waals surface area contributed by atoms with E-state index < -0.39 is 0 Å². The second-order valence-corrected chi connectivity index (χ2v) is 4.89. The first kappa shape index (κ1) is 13.7. The predicted molar refractivity (Wildman–Crippen MR) is 80.8 cm³/mol. The topological polar surface area (TPSA) is 29.9 Å². The molecular formula is C15H18ClN3. The van der Waals surface area contributed by atoms with Crippen LogP contribution in [0, 0.1) is 6.92 Å². The second-order valence-electron chi connectivity index (χ2n) is 4.45. The number of halogens is 1. The number of anilines is 1. The largest absolute Gasteiger partial charge is 0.355 e. The monoisotopic (exact) mass is 275 g/mol. The number of hydrogen-bond donors (Lipinski definition) is 1. The molecule has 0 aliphatic carbocycles. The number of benzene rings is 1. The van der Waals surface area contributed by atoms with E-state index in [0.717, 1.165) is 36.2 Å². The van der Waals surface area contributed by atoms with Gasteiger partial charge in [-0.2, -0.15) is 0 Å². The van der Waals surface area contributed by atoms with Crippen LogP contribution in [0.25, 0.3) is 0 Å². The standard InChI is InChI=1S/C15H18ClN3/c1-3-10-19-11-12(2)18-15(19)17-9-8-13-4-6-14(16)7-5-13/h3-7,11H,1,8-10H2,2H3,(H,17,18). The molecule has 0 fully saturated rings. The molecule has 0 aliphatic rings. The van der Waals surface area contributed by atoms with E-state index in [0.29, 0.717) is 0 Å². The van der Waals surface area contributed by atoms with Crippen molar-refractivity contribution in [3.05, 3.63) is 59.4 Å². The summed E-state index contributed by atoms with van der Waals surface area (Å²) in [6.45, 7) is 7.35. The molecule has 0 aliphatic heterocycles. The molecule has 0 radical (unpaired) electrons. The first-order valence-electron chi connectivity index (χ1n) is 6.32. The molecule has 0 saturated carbocycles. The Hall–Kier alpha value is -1.74. The molecule has 0 bridgehead atoms. The van der Waals surface area contributed by atoms with Gasteiger partial charge in [0.25, 0.3) is 0 Å². The third kappa shape index (κ3) is 3.86. The Balaban J connectivity index is 1.91. The molecule has 100 valence electrons. The number of nitrogens with one attached hydrogen (secondary N) is 1. The number of aryl methyl sites for hydroxylation is 1. The highest BCUT2D eigenvalue weighted by molar-refractivity contribution is 6.30. The predicted octanol–water partition coefficient (Wildman–Crippen LogP) is 3.69. The number of nitrogens with zero attached hydrogens (tertiary/aromatic N) is 2. The van der Waals surface area contributed by atoms with E-state index in [9.17, 15) is 0 Å². The van der Waals surface area contributed by atoms with Gasteiger partial charge in [-0.15, -0.1) is 6.58 Å². The zero-order valence-corrected chi connectivity index (χ0v) is 11.8. The third-order valence-electron chi connectivity index (χ3n) is 2.83. The van der Waals surface area contributed by atoms with Crippen LogP contribution in [0.15, 0.2) is 43.1 Å². The molecule has 1 aromatic heterocycles. The normalized spacial score (nSPS) is 10.4. The Bertz CT molecular complexity index is 543. The lowest BCUT2D eigenvalue weighted by molar-refractivity contribution is 0.816. The zero-order chi connectivity index (χ0) is 13.7. The maximum Gasteiger partial charge on any atom is 0.203 e. The van der Waals surface area contributed by atoms with Crippen molar-refractivity contribution in [2.45, 2.75) is 19.9 Å². The minimum absolute atomic E-state index is 0.768. The van der Waals surface area contributed by atoms with Gasteiger partial charge in [0.15, 0.2) is 0 Å². The molecule has 1 heterocycles. The second kappa shape index (κ2) is 6.43. The minimum Gasteiger partial charge on any atom is -0.355 e. The van der Waals surface area contributed by atoms with E-state index in [1.54, 1.807) is 0 Å². The van der Waals surface area contributed by atoms with Gasteiger partial charge < -0.3 is 9.88 Å². The highest BCUT2D eigenvalue weighted by Crippen LogP contribution is 2.11. The zero-order valence-electron chi connectivity index (χ0n) is 11.1. The van der Waals surface area contributed by atoms with E-state index in [1.807, 2.05) is 43.5 Å². The highest BCUT2D eigenvalue weighted by Gasteiger charge is 2.03. The summed E-state index contributed by atoms with van der Waals surface area (Å²) < 4.78 is 2.06. The molecule has 1 N–H and O–H groups in total. The van der Waals surface area contributed by atoms with E-state index in [2.05, 4.69) is 21.4 Å². The van der Waals surface area contributed by atoms with Gasteiger partial charge in [0.2, 0.25) is 5.95 Å². The van der Waals surface area contributed by atoms with Gasteiger partial charge in [-0.3, -0.25) is 0 Å². The van der Waals surface area contributed by atoms with Gasteiger partial charge in [-0.1, -0.05) is 29.8 Å². The summed E-state index contributed by atoms with van der Waals surface area (Å²) in [5.41, 5.74) is 2.27. The number of imidazole rings is 1. The Morgan fingerprint density at radius 3 is 2.79 bits per heavy atom. The van der Waals surface area contributed by atoms with E-state index in [4.69, 9.17) is 11.6 Å². The molecule has 2 rings (SSSR count). The van der Waals surface area contributed by atoms with Crippen LogP contribution in [0.2, 0.25) is 5.02 Å². The number of allylic oxidation sites excluding steroid dienone is 1. The summed E-state index contributed by atoms with van der Waals surface area (Å²) in [5.74, 6) is 0.895. The van der Waals surface area contributed by atoms with Crippen molar-refractivity contribution in [1.82, 2.24) is 9.55 Å². The quantitative estimate of drug-likeness (QED) is 0.815. The van der Waals surface area contributed by atoms with Crippen LogP contribution in [0.4, 0.5) is 5.95 Å². The van der Waals surface area contributed by atoms with Crippen LogP contribution >= 0.6 is 11.6 Å². The SMILES string of the molecule is C=CCn1cc(C)nc1NCCc1ccc(Cl)cc1. The molecule has 0 spiro atoms. The fraction of sp³-hybridized carbons (Fsp3) is 0.267. The molecular weight excluding hydrogens is 258 g/mol. The number of hydrogen-bond acceptors (Lipinski definition) is 2. The lowest BCUT2D eigenvalue weighted by atomic mass is 10.1. The van der Waals surface area contributed by atoms with Gasteiger partial charge >= 0.3 is 0 Å². The van der Waals surface area contributed by atoms with Crippen LogP contribution in [0.3, 0.4) is 0 Å². The van der Waals surface area contributed by atoms with Crippen molar-refractivity contribution in [3.63, 3.8) is 0 Å². The molecule has 4 heteroatoms. The van der Waals surface area contributed by atoms with E-state index >= 15 is 0 Å². The molecule has 3 nitrogen and oxygen atoms in total. The van der Waals surface area contributed by atoms with Gasteiger partial charge in [-0.05, 0) is 31.0 Å². The molecule has 1 aromatic carbocycles. The average Bonchev–Trinajstić information content (AvgIpc) is 2.73. The smallest absolute Gasteiger partial charge is 0.203 e. The molecule has 2 aromatic rings. The van der Waals surface area contributed by atoms with Crippen LogP contribution in [0.5, 0.6) is 0 Å². The Morgan fingerprint density at radius 2 is 2.11 bits per heavy atom. The maximum absolute atomic E-state index is 5.86. The Labute approximate surface area is 118 Å². The summed E-state index contributed by atoms with van der Waals surface area (Å²) in [6.07, 6.45) is 4.83. The van der Waals surface area contributed by atoms with Crippen LogP contribution < -0.4 is 5.32 Å². The molecule has 0 amide bonds. The summed E-state index contributed by atoms with van der Waals surface area (Å²) in [6, 6.07) is 7.93. The highest BCUT2D eigenvalue weighted by atomic mass is 35.5. The summed E-state index contributed by atoms with van der Waals surface area (Å²) in [7, 11) is 0. The van der Waals surface area contributed by atoms with Crippen molar-refractivity contribution >= 4 is 17.5 Å². The van der Waals surface area contributed by atoms with Crippen molar-refractivity contribution in [2.24, 2.45) is 0 Å². The molecule has 0 unspecified atom stereocenters. The maximum atomic E-state index is 5.86. The lowest BCUT2D eigenvalue weighted by Crippen LogP contribution is -2.10.